The van der Waals surface area contributed by atoms with E-state index in [0.717, 1.165) is 29.1 Å². The van der Waals surface area contributed by atoms with Gasteiger partial charge in [0.1, 0.15) is 17.2 Å². The monoisotopic (exact) mass is 431 g/mol. The molecule has 0 bridgehead atoms. The van der Waals surface area contributed by atoms with Gasteiger partial charge in [-0.15, -0.1) is 11.3 Å². The highest BCUT2D eigenvalue weighted by Crippen LogP contribution is 2.28. The van der Waals surface area contributed by atoms with Crippen LogP contribution in [-0.4, -0.2) is 40.8 Å². The molecule has 1 fully saturated rings. The Morgan fingerprint density at radius 1 is 1.27 bits per heavy atom. The number of hydrogen-bond acceptors (Lipinski definition) is 6. The topological polar surface area (TPSA) is 80.8 Å². The number of aromatic nitrogens is 1. The third-order valence-electron chi connectivity index (χ3n) is 4.66. The minimum Gasteiger partial charge on any atom is -0.445 e. The van der Waals surface area contributed by atoms with Crippen molar-refractivity contribution in [1.29, 1.82) is 0 Å². The van der Waals surface area contributed by atoms with E-state index in [0.29, 0.717) is 19.6 Å². The largest absolute Gasteiger partial charge is 0.445 e. The lowest BCUT2D eigenvalue weighted by atomic mass is 9.96. The van der Waals surface area contributed by atoms with Gasteiger partial charge in [-0.1, -0.05) is 30.3 Å². The van der Waals surface area contributed by atoms with Gasteiger partial charge in [-0.05, 0) is 39.2 Å². The van der Waals surface area contributed by atoms with Crippen LogP contribution >= 0.6 is 11.3 Å². The zero-order chi connectivity index (χ0) is 21.6. The second kappa shape index (κ2) is 9.93. The van der Waals surface area contributed by atoms with E-state index in [2.05, 4.69) is 10.3 Å². The lowest BCUT2D eigenvalue weighted by Gasteiger charge is -2.33. The number of piperidine rings is 1. The van der Waals surface area contributed by atoms with E-state index in [1.807, 2.05) is 56.5 Å². The Morgan fingerprint density at radius 2 is 2.03 bits per heavy atom. The Bertz CT molecular complexity index is 848. The summed E-state index contributed by atoms with van der Waals surface area (Å²) in [6.07, 6.45) is 1.16. The van der Waals surface area contributed by atoms with Gasteiger partial charge in [-0.3, -0.25) is 0 Å². The van der Waals surface area contributed by atoms with E-state index in [1.165, 1.54) is 11.3 Å². The van der Waals surface area contributed by atoms with Gasteiger partial charge in [-0.25, -0.2) is 14.6 Å². The maximum Gasteiger partial charge on any atom is 0.410 e. The molecule has 30 heavy (non-hydrogen) atoms. The smallest absolute Gasteiger partial charge is 0.410 e. The molecule has 0 radical (unpaired) electrons. The summed E-state index contributed by atoms with van der Waals surface area (Å²) in [5, 5.41) is 5.57. The number of ether oxygens (including phenoxy) is 2. The zero-order valence-electron chi connectivity index (χ0n) is 17.7. The molecule has 0 saturated carbocycles. The van der Waals surface area contributed by atoms with Crippen molar-refractivity contribution in [2.45, 2.75) is 58.3 Å². The number of carbonyl (C=O) groups is 2. The Labute approximate surface area is 181 Å². The number of nitrogens with zero attached hydrogens (tertiary/aromatic N) is 2. The number of alkyl carbamates (subject to hydrolysis) is 1. The third kappa shape index (κ3) is 6.73. The molecular weight excluding hydrogens is 402 g/mol. The summed E-state index contributed by atoms with van der Waals surface area (Å²) in [4.78, 5) is 30.7. The molecular formula is C22H29N3O4S. The lowest BCUT2D eigenvalue weighted by Crippen LogP contribution is -2.42. The first-order valence-electron chi connectivity index (χ1n) is 10.2. The summed E-state index contributed by atoms with van der Waals surface area (Å²) in [6.45, 7) is 7.48. The molecule has 1 aliphatic rings. The average molecular weight is 432 g/mol. The maximum atomic E-state index is 12.4. The van der Waals surface area contributed by atoms with E-state index < -0.39 is 11.7 Å². The molecule has 7 nitrogen and oxygen atoms in total. The average Bonchev–Trinajstić information content (AvgIpc) is 3.19. The summed E-state index contributed by atoms with van der Waals surface area (Å²) in [7, 11) is 0. The normalized spacial score (nSPS) is 16.8. The maximum absolute atomic E-state index is 12.4. The third-order valence-corrected chi connectivity index (χ3v) is 5.52. The molecule has 2 aromatic rings. The van der Waals surface area contributed by atoms with E-state index in [4.69, 9.17) is 9.47 Å². The summed E-state index contributed by atoms with van der Waals surface area (Å²) >= 11 is 1.50. The van der Waals surface area contributed by atoms with Gasteiger partial charge in [0.05, 0.1) is 12.2 Å². The second-order valence-corrected chi connectivity index (χ2v) is 9.29. The van der Waals surface area contributed by atoms with Crippen molar-refractivity contribution in [3.05, 3.63) is 52.0 Å². The number of rotatable bonds is 5. The lowest BCUT2D eigenvalue weighted by molar-refractivity contribution is 0.0197. The van der Waals surface area contributed by atoms with Crippen LogP contribution in [0.3, 0.4) is 0 Å². The fourth-order valence-corrected chi connectivity index (χ4v) is 4.04. The number of thiazole rings is 1. The van der Waals surface area contributed by atoms with E-state index in [9.17, 15) is 9.59 Å². The van der Waals surface area contributed by atoms with Gasteiger partial charge < -0.3 is 19.7 Å². The highest BCUT2D eigenvalue weighted by molar-refractivity contribution is 7.09. The van der Waals surface area contributed by atoms with Gasteiger partial charge in [0.25, 0.3) is 0 Å². The van der Waals surface area contributed by atoms with Gasteiger partial charge in [-0.2, -0.15) is 0 Å². The number of hydrogen-bond donors (Lipinski definition) is 1. The number of benzene rings is 1. The fraction of sp³-hybridized carbons (Fsp3) is 0.500. The highest BCUT2D eigenvalue weighted by Gasteiger charge is 2.29. The van der Waals surface area contributed by atoms with Crippen molar-refractivity contribution in [1.82, 2.24) is 15.2 Å². The van der Waals surface area contributed by atoms with Crippen LogP contribution in [0.1, 0.15) is 55.8 Å². The van der Waals surface area contributed by atoms with Crippen molar-refractivity contribution in [3.63, 3.8) is 0 Å². The predicted octanol–water partition coefficient (Wildman–Crippen LogP) is 4.68. The number of amides is 2. The Hall–Kier alpha value is -2.61. The standard InChI is InChI=1S/C22H29N3O4S/c1-22(2,3)29-21(27)25-11-7-10-17(13-25)18-15-30-19(24-18)12-23-20(26)28-14-16-8-5-4-6-9-16/h4-6,8-9,15,17H,7,10-14H2,1-3H3,(H,23,26). The summed E-state index contributed by atoms with van der Waals surface area (Å²) in [5.41, 5.74) is 1.40. The van der Waals surface area contributed by atoms with Crippen molar-refractivity contribution in [3.8, 4) is 0 Å². The van der Waals surface area contributed by atoms with Gasteiger partial charge in [0.2, 0.25) is 0 Å². The van der Waals surface area contributed by atoms with E-state index in [1.54, 1.807) is 4.90 Å². The fourth-order valence-electron chi connectivity index (χ4n) is 3.23. The highest BCUT2D eigenvalue weighted by atomic mass is 32.1. The van der Waals surface area contributed by atoms with Crippen molar-refractivity contribution in [2.24, 2.45) is 0 Å². The van der Waals surface area contributed by atoms with E-state index >= 15 is 0 Å². The SMILES string of the molecule is CC(C)(C)OC(=O)N1CCCC(c2csc(CNC(=O)OCc3ccccc3)n2)C1. The molecule has 1 aromatic carbocycles. The summed E-state index contributed by atoms with van der Waals surface area (Å²) in [6, 6.07) is 9.55. The molecule has 2 heterocycles. The van der Waals surface area contributed by atoms with E-state index in [-0.39, 0.29) is 18.6 Å². The van der Waals surface area contributed by atoms with Crippen LogP contribution in [0.5, 0.6) is 0 Å². The molecule has 1 N–H and O–H groups in total. The molecule has 1 saturated heterocycles. The first kappa shape index (κ1) is 22.1. The molecule has 1 aromatic heterocycles. The second-order valence-electron chi connectivity index (χ2n) is 8.35. The van der Waals surface area contributed by atoms with Crippen LogP contribution in [-0.2, 0) is 22.6 Å². The minimum absolute atomic E-state index is 0.182. The summed E-state index contributed by atoms with van der Waals surface area (Å²) in [5.74, 6) is 0.182. The molecule has 1 unspecified atom stereocenters. The van der Waals surface area contributed by atoms with Crippen LogP contribution in [0.4, 0.5) is 9.59 Å². The summed E-state index contributed by atoms with van der Waals surface area (Å²) < 4.78 is 10.7. The number of carbonyl (C=O) groups excluding carboxylic acids is 2. The first-order valence-corrected chi connectivity index (χ1v) is 11.0. The Morgan fingerprint density at radius 3 is 2.77 bits per heavy atom. The van der Waals surface area contributed by atoms with Crippen molar-refractivity contribution in [2.75, 3.05) is 13.1 Å². The molecule has 0 aliphatic carbocycles. The van der Waals surface area contributed by atoms with Gasteiger partial charge in [0.15, 0.2) is 0 Å². The Balaban J connectivity index is 1.47. The predicted molar refractivity (Wildman–Crippen MR) is 115 cm³/mol. The Kier molecular flexibility index (Phi) is 7.31. The molecule has 1 aliphatic heterocycles. The van der Waals surface area contributed by atoms with Gasteiger partial charge in [0, 0.05) is 24.4 Å². The molecule has 2 amide bonds. The molecule has 1 atom stereocenters. The molecule has 3 rings (SSSR count). The van der Waals surface area contributed by atoms with Crippen molar-refractivity contribution < 1.29 is 19.1 Å². The first-order chi connectivity index (χ1) is 14.3. The van der Waals surface area contributed by atoms with Crippen LogP contribution in [0, 0.1) is 0 Å². The zero-order valence-corrected chi connectivity index (χ0v) is 18.5. The van der Waals surface area contributed by atoms with Gasteiger partial charge >= 0.3 is 12.2 Å². The minimum atomic E-state index is -0.501. The van der Waals surface area contributed by atoms with Crippen LogP contribution in [0.2, 0.25) is 0 Å². The number of likely N-dealkylation sites (tertiary alicyclic amines) is 1. The van der Waals surface area contributed by atoms with Crippen LogP contribution in [0.15, 0.2) is 35.7 Å². The number of nitrogens with one attached hydrogen (secondary N) is 1. The molecule has 8 heteroatoms. The van der Waals surface area contributed by atoms with Crippen molar-refractivity contribution >= 4 is 23.5 Å². The quantitative estimate of drug-likeness (QED) is 0.743. The molecule has 162 valence electrons. The van der Waals surface area contributed by atoms with Crippen LogP contribution in [0.25, 0.3) is 0 Å². The van der Waals surface area contributed by atoms with Crippen LogP contribution < -0.4 is 5.32 Å². The molecule has 0 spiro atoms.